The zero-order chi connectivity index (χ0) is 22.9. The van der Waals surface area contributed by atoms with Gasteiger partial charge in [-0.3, -0.25) is 9.36 Å². The van der Waals surface area contributed by atoms with Gasteiger partial charge in [-0.15, -0.1) is 0 Å². The van der Waals surface area contributed by atoms with E-state index in [0.717, 1.165) is 12.8 Å². The van der Waals surface area contributed by atoms with Crippen LogP contribution in [0, 0.1) is 0 Å². The first-order valence-electron chi connectivity index (χ1n) is 10.2. The Balaban J connectivity index is 1.89. The van der Waals surface area contributed by atoms with Gasteiger partial charge in [0.25, 0.3) is 5.56 Å². The van der Waals surface area contributed by atoms with E-state index in [1.54, 1.807) is 22.9 Å². The summed E-state index contributed by atoms with van der Waals surface area (Å²) in [4.78, 5) is 22.6. The number of benzene rings is 1. The topological polar surface area (TPSA) is 115 Å². The second kappa shape index (κ2) is 9.14. The van der Waals surface area contributed by atoms with Gasteiger partial charge in [-0.1, -0.05) is 17.7 Å². The molecule has 1 unspecified atom stereocenters. The van der Waals surface area contributed by atoms with Gasteiger partial charge in [0.1, 0.15) is 5.65 Å². The molecular formula is C21H24ClN5O4S. The molecule has 0 bridgehead atoms. The summed E-state index contributed by atoms with van der Waals surface area (Å²) in [6.07, 6.45) is 2.57. The van der Waals surface area contributed by atoms with E-state index in [2.05, 4.69) is 20.6 Å². The zero-order valence-electron chi connectivity index (χ0n) is 17.8. The standard InChI is InChI=1S/C21H24ClN5O4S/c1-3-24-21-25-10-13-8-17(16-5-4-15(9-18(16)22)32(2,29)30)20(28)27(19(13)26-21)12-14-11-23-6-7-31-14/h4-5,8-10,14,23H,3,6-7,11-12H2,1-2H3,(H,24,25,26). The van der Waals surface area contributed by atoms with Crippen LogP contribution in [-0.2, 0) is 21.1 Å². The van der Waals surface area contributed by atoms with Crippen molar-refractivity contribution in [3.63, 3.8) is 0 Å². The van der Waals surface area contributed by atoms with Crippen LogP contribution in [0.4, 0.5) is 5.95 Å². The molecule has 1 aliphatic rings. The molecule has 2 aromatic heterocycles. The highest BCUT2D eigenvalue weighted by Gasteiger charge is 2.21. The molecule has 1 aromatic carbocycles. The summed E-state index contributed by atoms with van der Waals surface area (Å²) in [6, 6.07) is 6.05. The maximum Gasteiger partial charge on any atom is 0.260 e. The maximum atomic E-state index is 13.6. The summed E-state index contributed by atoms with van der Waals surface area (Å²) in [5, 5.41) is 7.17. The van der Waals surface area contributed by atoms with E-state index in [1.807, 2.05) is 6.92 Å². The SMILES string of the molecule is CCNc1ncc2cc(-c3ccc(S(C)(=O)=O)cc3Cl)c(=O)n(CC3CNCCO3)c2n1. The van der Waals surface area contributed by atoms with Crippen LogP contribution in [0.25, 0.3) is 22.2 Å². The van der Waals surface area contributed by atoms with Gasteiger partial charge in [0.2, 0.25) is 5.95 Å². The first kappa shape index (κ1) is 22.7. The third kappa shape index (κ3) is 4.63. The largest absolute Gasteiger partial charge is 0.374 e. The summed E-state index contributed by atoms with van der Waals surface area (Å²) >= 11 is 6.42. The molecule has 170 valence electrons. The second-order valence-electron chi connectivity index (χ2n) is 7.59. The van der Waals surface area contributed by atoms with Crippen molar-refractivity contribution in [3.8, 4) is 11.1 Å². The summed E-state index contributed by atoms with van der Waals surface area (Å²) < 4.78 is 31.1. The molecule has 0 saturated carbocycles. The molecule has 0 spiro atoms. The number of halogens is 1. The average Bonchev–Trinajstić information content (AvgIpc) is 2.76. The van der Waals surface area contributed by atoms with E-state index in [0.29, 0.717) is 54.3 Å². The van der Waals surface area contributed by atoms with Crippen LogP contribution in [0.2, 0.25) is 5.02 Å². The van der Waals surface area contributed by atoms with E-state index in [1.165, 1.54) is 12.1 Å². The summed E-state index contributed by atoms with van der Waals surface area (Å²) in [5.41, 5.74) is 0.980. The Morgan fingerprint density at radius 3 is 2.78 bits per heavy atom. The van der Waals surface area contributed by atoms with Crippen molar-refractivity contribution >= 4 is 38.4 Å². The van der Waals surface area contributed by atoms with Crippen LogP contribution in [0.1, 0.15) is 6.92 Å². The number of hydrogen-bond donors (Lipinski definition) is 2. The molecular weight excluding hydrogens is 454 g/mol. The lowest BCUT2D eigenvalue weighted by molar-refractivity contribution is 0.0183. The molecule has 0 amide bonds. The molecule has 0 aliphatic carbocycles. The van der Waals surface area contributed by atoms with Crippen LogP contribution < -0.4 is 16.2 Å². The van der Waals surface area contributed by atoms with Crippen LogP contribution in [0.3, 0.4) is 0 Å². The van der Waals surface area contributed by atoms with Crippen molar-refractivity contribution in [2.75, 3.05) is 37.8 Å². The van der Waals surface area contributed by atoms with E-state index in [4.69, 9.17) is 16.3 Å². The zero-order valence-corrected chi connectivity index (χ0v) is 19.3. The van der Waals surface area contributed by atoms with Gasteiger partial charge in [0, 0.05) is 53.6 Å². The van der Waals surface area contributed by atoms with Crippen molar-refractivity contribution in [1.82, 2.24) is 19.9 Å². The quantitative estimate of drug-likeness (QED) is 0.553. The monoisotopic (exact) mass is 477 g/mol. The maximum absolute atomic E-state index is 13.6. The number of nitrogens with zero attached hydrogens (tertiary/aromatic N) is 3. The highest BCUT2D eigenvalue weighted by atomic mass is 35.5. The van der Waals surface area contributed by atoms with Gasteiger partial charge < -0.3 is 15.4 Å². The predicted octanol–water partition coefficient (Wildman–Crippen LogP) is 1.94. The number of ether oxygens (including phenoxy) is 1. The van der Waals surface area contributed by atoms with E-state index < -0.39 is 9.84 Å². The minimum atomic E-state index is -3.42. The Hall–Kier alpha value is -2.53. The second-order valence-corrected chi connectivity index (χ2v) is 10.0. The first-order chi connectivity index (χ1) is 15.3. The molecule has 4 rings (SSSR count). The Labute approximate surface area is 190 Å². The Morgan fingerprint density at radius 2 is 2.12 bits per heavy atom. The summed E-state index contributed by atoms with van der Waals surface area (Å²) in [7, 11) is -3.42. The fourth-order valence-electron chi connectivity index (χ4n) is 3.65. The average molecular weight is 478 g/mol. The van der Waals surface area contributed by atoms with Gasteiger partial charge >= 0.3 is 0 Å². The van der Waals surface area contributed by atoms with Crippen LogP contribution >= 0.6 is 11.6 Å². The minimum absolute atomic E-state index is 0.0904. The van der Waals surface area contributed by atoms with Crippen LogP contribution in [-0.4, -0.2) is 61.6 Å². The lowest BCUT2D eigenvalue weighted by atomic mass is 10.1. The fraction of sp³-hybridized carbons (Fsp3) is 0.381. The van der Waals surface area contributed by atoms with E-state index in [-0.39, 0.29) is 21.6 Å². The molecule has 1 fully saturated rings. The number of aromatic nitrogens is 3. The number of rotatable bonds is 6. The Kier molecular flexibility index (Phi) is 6.47. The van der Waals surface area contributed by atoms with Gasteiger partial charge in [-0.25, -0.2) is 13.4 Å². The molecule has 11 heteroatoms. The number of anilines is 1. The first-order valence-corrected chi connectivity index (χ1v) is 12.5. The molecule has 1 atom stereocenters. The molecule has 2 N–H and O–H groups in total. The van der Waals surface area contributed by atoms with E-state index in [9.17, 15) is 13.2 Å². The van der Waals surface area contributed by atoms with Crippen LogP contribution in [0.15, 0.2) is 40.2 Å². The number of nitrogens with one attached hydrogen (secondary N) is 2. The minimum Gasteiger partial charge on any atom is -0.374 e. The highest BCUT2D eigenvalue weighted by Crippen LogP contribution is 2.30. The fourth-order valence-corrected chi connectivity index (χ4v) is 4.64. The summed E-state index contributed by atoms with van der Waals surface area (Å²) in [5.74, 6) is 0.430. The predicted molar refractivity (Wildman–Crippen MR) is 124 cm³/mol. The van der Waals surface area contributed by atoms with Crippen LogP contribution in [0.5, 0.6) is 0 Å². The molecule has 1 aliphatic heterocycles. The number of hydrogen-bond acceptors (Lipinski definition) is 8. The Bertz CT molecular complexity index is 1320. The number of morpholine rings is 1. The van der Waals surface area contributed by atoms with E-state index >= 15 is 0 Å². The van der Waals surface area contributed by atoms with Gasteiger partial charge in [0.15, 0.2) is 9.84 Å². The highest BCUT2D eigenvalue weighted by molar-refractivity contribution is 7.90. The normalized spacial score (nSPS) is 16.9. The van der Waals surface area contributed by atoms with Gasteiger partial charge in [0.05, 0.1) is 24.2 Å². The number of fused-ring (bicyclic) bond motifs is 1. The van der Waals surface area contributed by atoms with Crippen molar-refractivity contribution in [1.29, 1.82) is 0 Å². The molecule has 9 nitrogen and oxygen atoms in total. The third-order valence-corrected chi connectivity index (χ3v) is 6.63. The molecule has 3 heterocycles. The van der Waals surface area contributed by atoms with Crippen molar-refractivity contribution in [2.24, 2.45) is 0 Å². The van der Waals surface area contributed by atoms with Crippen molar-refractivity contribution < 1.29 is 13.2 Å². The lowest BCUT2D eigenvalue weighted by Gasteiger charge is -2.25. The van der Waals surface area contributed by atoms with Gasteiger partial charge in [-0.05, 0) is 25.1 Å². The third-order valence-electron chi connectivity index (χ3n) is 5.21. The lowest BCUT2D eigenvalue weighted by Crippen LogP contribution is -2.42. The number of pyridine rings is 1. The molecule has 32 heavy (non-hydrogen) atoms. The number of sulfone groups is 1. The van der Waals surface area contributed by atoms with Gasteiger partial charge in [-0.2, -0.15) is 4.98 Å². The van der Waals surface area contributed by atoms with Crippen molar-refractivity contribution in [3.05, 3.63) is 45.8 Å². The smallest absolute Gasteiger partial charge is 0.260 e. The van der Waals surface area contributed by atoms with Crippen molar-refractivity contribution in [2.45, 2.75) is 24.5 Å². The molecule has 0 radical (unpaired) electrons. The molecule has 3 aromatic rings. The summed E-state index contributed by atoms with van der Waals surface area (Å²) in [6.45, 7) is 4.83. The molecule has 1 saturated heterocycles. The Morgan fingerprint density at radius 1 is 1.31 bits per heavy atom.